The van der Waals surface area contributed by atoms with Crippen LogP contribution in [-0.4, -0.2) is 37.0 Å². The Morgan fingerprint density at radius 3 is 2.86 bits per heavy atom. The molecule has 0 amide bonds. The highest BCUT2D eigenvalue weighted by atomic mass is 79.9. The molecule has 3 rings (SSSR count). The molecular formula is C13H13BrN6S. The number of anilines is 1. The maximum atomic E-state index is 4.28. The van der Waals surface area contributed by atoms with Gasteiger partial charge >= 0.3 is 0 Å². The zero-order valence-electron chi connectivity index (χ0n) is 11.3. The minimum Gasteiger partial charge on any atom is -0.367 e. The van der Waals surface area contributed by atoms with Gasteiger partial charge in [0.25, 0.3) is 0 Å². The number of nitrogens with zero attached hydrogens (tertiary/aromatic N) is 5. The fraction of sp³-hybridized carbons (Fsp3) is 0.231. The summed E-state index contributed by atoms with van der Waals surface area (Å²) in [5.41, 5.74) is 0.637. The van der Waals surface area contributed by atoms with E-state index in [1.54, 1.807) is 0 Å². The van der Waals surface area contributed by atoms with E-state index < -0.39 is 0 Å². The molecule has 0 fully saturated rings. The Morgan fingerprint density at radius 2 is 2.05 bits per heavy atom. The average molecular weight is 365 g/mol. The number of halogens is 1. The molecular weight excluding hydrogens is 352 g/mol. The summed E-state index contributed by atoms with van der Waals surface area (Å²) in [5.74, 6) is 0.762. The summed E-state index contributed by atoms with van der Waals surface area (Å²) in [7, 11) is 0. The number of thioether (sulfide) groups is 1. The second-order valence-corrected chi connectivity index (χ2v) is 6.94. The van der Waals surface area contributed by atoms with Crippen molar-refractivity contribution in [1.29, 1.82) is 0 Å². The van der Waals surface area contributed by atoms with Gasteiger partial charge in [-0.3, -0.25) is 0 Å². The Kier molecular flexibility index (Phi) is 4.35. The first-order chi connectivity index (χ1) is 10.2. The molecule has 2 aromatic heterocycles. The molecule has 2 heterocycles. The van der Waals surface area contributed by atoms with Gasteiger partial charge in [-0.15, -0.1) is 26.6 Å². The third-order valence-electron chi connectivity index (χ3n) is 2.79. The lowest BCUT2D eigenvalue weighted by Gasteiger charge is -2.12. The second-order valence-electron chi connectivity index (χ2n) is 4.51. The highest BCUT2D eigenvalue weighted by molar-refractivity contribution is 9.10. The van der Waals surface area contributed by atoms with E-state index in [1.807, 2.05) is 23.9 Å². The Hall–Kier alpha value is -1.67. The van der Waals surface area contributed by atoms with Crippen molar-refractivity contribution in [1.82, 2.24) is 25.3 Å². The summed E-state index contributed by atoms with van der Waals surface area (Å²) in [6.07, 6.45) is 0. The van der Waals surface area contributed by atoms with Crippen LogP contribution < -0.4 is 5.32 Å². The summed E-state index contributed by atoms with van der Waals surface area (Å²) in [6.45, 7) is 2.98. The van der Waals surface area contributed by atoms with Crippen molar-refractivity contribution in [2.45, 2.75) is 17.1 Å². The lowest BCUT2D eigenvalue weighted by molar-refractivity contribution is 0.733. The first kappa shape index (κ1) is 14.3. The van der Waals surface area contributed by atoms with Gasteiger partial charge in [-0.1, -0.05) is 22.9 Å². The lowest BCUT2D eigenvalue weighted by Crippen LogP contribution is -2.14. The lowest BCUT2D eigenvalue weighted by atomic mass is 10.4. The Balaban J connectivity index is 1.57. The summed E-state index contributed by atoms with van der Waals surface area (Å²) in [6, 6.07) is 12.0. The Labute approximate surface area is 134 Å². The fourth-order valence-corrected chi connectivity index (χ4v) is 2.97. The van der Waals surface area contributed by atoms with Gasteiger partial charge < -0.3 is 5.32 Å². The number of nitrogens with one attached hydrogen (secondary N) is 1. The molecule has 3 aromatic rings. The van der Waals surface area contributed by atoms with Gasteiger partial charge in [0.1, 0.15) is 5.82 Å². The van der Waals surface area contributed by atoms with Crippen molar-refractivity contribution in [3.63, 3.8) is 0 Å². The molecule has 0 spiro atoms. The van der Waals surface area contributed by atoms with Crippen molar-refractivity contribution < 1.29 is 0 Å². The monoisotopic (exact) mass is 364 g/mol. The van der Waals surface area contributed by atoms with Crippen LogP contribution in [0.2, 0.25) is 0 Å². The normalized spacial score (nSPS) is 12.5. The molecule has 0 aliphatic rings. The molecule has 21 heavy (non-hydrogen) atoms. The Morgan fingerprint density at radius 1 is 1.24 bits per heavy atom. The molecule has 0 saturated carbocycles. The van der Waals surface area contributed by atoms with E-state index >= 15 is 0 Å². The van der Waals surface area contributed by atoms with Crippen LogP contribution >= 0.6 is 27.7 Å². The summed E-state index contributed by atoms with van der Waals surface area (Å²) in [4.78, 5) is 1.25. The Bertz CT molecular complexity index is 729. The molecule has 0 aliphatic heterocycles. The molecule has 108 valence electrons. The minimum absolute atomic E-state index is 0.414. The van der Waals surface area contributed by atoms with Crippen molar-refractivity contribution in [2.75, 3.05) is 11.9 Å². The van der Waals surface area contributed by atoms with Gasteiger partial charge in [-0.05, 0) is 46.8 Å². The van der Waals surface area contributed by atoms with Gasteiger partial charge in [0, 0.05) is 21.2 Å². The van der Waals surface area contributed by atoms with E-state index in [2.05, 4.69) is 73.1 Å². The number of fused-ring (bicyclic) bond motifs is 1. The number of hydrogen-bond acceptors (Lipinski definition) is 6. The molecule has 6 nitrogen and oxygen atoms in total. The maximum Gasteiger partial charge on any atom is 0.200 e. The third kappa shape index (κ3) is 3.70. The maximum absolute atomic E-state index is 4.28. The molecule has 1 atom stereocenters. The predicted octanol–water partition coefficient (Wildman–Crippen LogP) is 2.87. The smallest absolute Gasteiger partial charge is 0.200 e. The molecule has 8 heteroatoms. The highest BCUT2D eigenvalue weighted by Crippen LogP contribution is 2.24. The summed E-state index contributed by atoms with van der Waals surface area (Å²) >= 11 is 5.26. The van der Waals surface area contributed by atoms with Gasteiger partial charge in [0.05, 0.1) is 0 Å². The average Bonchev–Trinajstić information content (AvgIpc) is 2.95. The van der Waals surface area contributed by atoms with E-state index in [4.69, 9.17) is 0 Å². The van der Waals surface area contributed by atoms with Crippen LogP contribution in [0.1, 0.15) is 6.92 Å². The van der Waals surface area contributed by atoms with Gasteiger partial charge in [-0.2, -0.15) is 0 Å². The fourth-order valence-electron chi connectivity index (χ4n) is 1.78. The van der Waals surface area contributed by atoms with Crippen molar-refractivity contribution >= 4 is 39.2 Å². The van der Waals surface area contributed by atoms with Crippen LogP contribution in [0.25, 0.3) is 5.65 Å². The summed E-state index contributed by atoms with van der Waals surface area (Å²) < 4.78 is 2.51. The first-order valence-electron chi connectivity index (χ1n) is 6.42. The molecule has 1 unspecified atom stereocenters. The molecule has 0 saturated heterocycles. The molecule has 0 radical (unpaired) electrons. The zero-order chi connectivity index (χ0) is 14.7. The quantitative estimate of drug-likeness (QED) is 0.702. The second kappa shape index (κ2) is 6.40. The molecule has 1 N–H and O–H groups in total. The number of benzene rings is 1. The van der Waals surface area contributed by atoms with Crippen LogP contribution in [0.4, 0.5) is 5.82 Å². The standard InChI is InChI=1S/C13H13BrN6S/c1-9(21-11-4-2-10(14)3-5-11)8-15-12-6-7-13-16-18-19-20(13)17-12/h2-7,9H,8H2,1H3,(H,15,17). The topological polar surface area (TPSA) is 68.0 Å². The predicted molar refractivity (Wildman–Crippen MR) is 86.5 cm³/mol. The van der Waals surface area contributed by atoms with E-state index in [0.717, 1.165) is 16.8 Å². The zero-order valence-corrected chi connectivity index (χ0v) is 13.7. The SMILES string of the molecule is CC(CNc1ccc2nnnn2n1)Sc1ccc(Br)cc1. The third-order valence-corrected chi connectivity index (χ3v) is 4.43. The van der Waals surface area contributed by atoms with Gasteiger partial charge in [0.2, 0.25) is 0 Å². The van der Waals surface area contributed by atoms with E-state index in [1.165, 1.54) is 9.53 Å². The molecule has 0 aliphatic carbocycles. The van der Waals surface area contributed by atoms with Gasteiger partial charge in [0.15, 0.2) is 5.65 Å². The van der Waals surface area contributed by atoms with Gasteiger partial charge in [-0.25, -0.2) is 0 Å². The van der Waals surface area contributed by atoms with Crippen molar-refractivity contribution in [2.24, 2.45) is 0 Å². The highest BCUT2D eigenvalue weighted by Gasteiger charge is 2.06. The van der Waals surface area contributed by atoms with Crippen LogP contribution in [0, 0.1) is 0 Å². The van der Waals surface area contributed by atoms with Crippen LogP contribution in [-0.2, 0) is 0 Å². The summed E-state index contributed by atoms with van der Waals surface area (Å²) in [5, 5.41) is 19.2. The van der Waals surface area contributed by atoms with E-state index in [0.29, 0.717) is 10.9 Å². The number of aromatic nitrogens is 5. The van der Waals surface area contributed by atoms with E-state index in [9.17, 15) is 0 Å². The largest absolute Gasteiger partial charge is 0.367 e. The van der Waals surface area contributed by atoms with Crippen LogP contribution in [0.15, 0.2) is 45.8 Å². The number of rotatable bonds is 5. The van der Waals surface area contributed by atoms with Crippen molar-refractivity contribution in [3.8, 4) is 0 Å². The van der Waals surface area contributed by atoms with Crippen molar-refractivity contribution in [3.05, 3.63) is 40.9 Å². The molecule has 0 bridgehead atoms. The number of hydrogen-bond donors (Lipinski definition) is 1. The molecule has 1 aromatic carbocycles. The number of tetrazole rings is 1. The first-order valence-corrected chi connectivity index (χ1v) is 8.09. The minimum atomic E-state index is 0.414. The van der Waals surface area contributed by atoms with E-state index in [-0.39, 0.29) is 0 Å². The van der Waals surface area contributed by atoms with Crippen LogP contribution in [0.3, 0.4) is 0 Å². The van der Waals surface area contributed by atoms with Crippen LogP contribution in [0.5, 0.6) is 0 Å².